The van der Waals surface area contributed by atoms with E-state index < -0.39 is 4.92 Å². The maximum absolute atomic E-state index is 12.3. The number of anilines is 1. The maximum atomic E-state index is 12.3. The van der Waals surface area contributed by atoms with Crippen molar-refractivity contribution in [2.75, 3.05) is 12.4 Å². The monoisotopic (exact) mass is 412 g/mol. The fourth-order valence-electron chi connectivity index (χ4n) is 2.82. The van der Waals surface area contributed by atoms with Crippen LogP contribution < -0.4 is 14.6 Å². The Morgan fingerprint density at radius 3 is 2.38 bits per heavy atom. The van der Waals surface area contributed by atoms with Crippen molar-refractivity contribution in [2.45, 2.75) is 13.0 Å². The molecule has 8 heteroatoms. The standard InChI is InChI=1S/C21H18ClN3O4/c1-29-20-7-4-17(22)13-19(20)23-21(26)14-24-10-8-16(9-11-24)12-15-2-5-18(6-3-15)25(27)28/h2-11,13H,12,14H2,1H3/p+1. The van der Waals surface area contributed by atoms with Gasteiger partial charge in [-0.3, -0.25) is 14.9 Å². The molecule has 1 amide bonds. The van der Waals surface area contributed by atoms with Crippen LogP contribution in [0.5, 0.6) is 5.75 Å². The molecule has 7 nitrogen and oxygen atoms in total. The first-order chi connectivity index (χ1) is 13.9. The number of amides is 1. The molecule has 0 spiro atoms. The van der Waals surface area contributed by atoms with Gasteiger partial charge in [0.1, 0.15) is 5.75 Å². The van der Waals surface area contributed by atoms with Crippen LogP contribution in [-0.2, 0) is 17.8 Å². The number of carbonyl (C=O) groups is 1. The number of methoxy groups -OCH3 is 1. The zero-order chi connectivity index (χ0) is 20.8. The van der Waals surface area contributed by atoms with Crippen LogP contribution in [0.4, 0.5) is 11.4 Å². The number of benzene rings is 2. The number of rotatable bonds is 7. The van der Waals surface area contributed by atoms with Crippen LogP contribution in [0.3, 0.4) is 0 Å². The average Bonchev–Trinajstić information content (AvgIpc) is 2.70. The Morgan fingerprint density at radius 1 is 1.10 bits per heavy atom. The third-order valence-corrected chi connectivity index (χ3v) is 4.51. The van der Waals surface area contributed by atoms with E-state index >= 15 is 0 Å². The Kier molecular flexibility index (Phi) is 6.41. The van der Waals surface area contributed by atoms with Crippen molar-refractivity contribution in [1.29, 1.82) is 0 Å². The third-order valence-electron chi connectivity index (χ3n) is 4.28. The van der Waals surface area contributed by atoms with E-state index in [2.05, 4.69) is 5.32 Å². The molecule has 1 N–H and O–H groups in total. The van der Waals surface area contributed by atoms with Crippen molar-refractivity contribution >= 4 is 28.9 Å². The molecule has 0 unspecified atom stereocenters. The van der Waals surface area contributed by atoms with E-state index in [-0.39, 0.29) is 18.1 Å². The summed E-state index contributed by atoms with van der Waals surface area (Å²) in [6, 6.07) is 15.3. The summed E-state index contributed by atoms with van der Waals surface area (Å²) in [6.45, 7) is 0.132. The van der Waals surface area contributed by atoms with Gasteiger partial charge in [0.15, 0.2) is 12.4 Å². The van der Waals surface area contributed by atoms with Gasteiger partial charge in [0.25, 0.3) is 11.6 Å². The lowest BCUT2D eigenvalue weighted by Gasteiger charge is -2.09. The highest BCUT2D eigenvalue weighted by atomic mass is 35.5. The van der Waals surface area contributed by atoms with Gasteiger partial charge in [0.05, 0.1) is 17.7 Å². The molecule has 2 aromatic carbocycles. The van der Waals surface area contributed by atoms with Crippen LogP contribution in [-0.4, -0.2) is 17.9 Å². The molecule has 0 saturated carbocycles. The predicted octanol–water partition coefficient (Wildman–Crippen LogP) is 3.77. The fraction of sp³-hybridized carbons (Fsp3) is 0.143. The minimum atomic E-state index is -0.417. The number of aromatic nitrogens is 1. The number of nitro benzene ring substituents is 1. The second-order valence-corrected chi connectivity index (χ2v) is 6.81. The average molecular weight is 413 g/mol. The van der Waals surface area contributed by atoms with Gasteiger partial charge in [0.2, 0.25) is 6.54 Å². The molecule has 148 valence electrons. The lowest BCUT2D eigenvalue weighted by molar-refractivity contribution is -0.684. The minimum absolute atomic E-state index is 0.0713. The highest BCUT2D eigenvalue weighted by molar-refractivity contribution is 6.31. The number of ether oxygens (including phenoxy) is 1. The van der Waals surface area contributed by atoms with E-state index in [1.807, 2.05) is 24.5 Å². The predicted molar refractivity (Wildman–Crippen MR) is 109 cm³/mol. The van der Waals surface area contributed by atoms with E-state index in [1.54, 1.807) is 34.9 Å². The summed E-state index contributed by atoms with van der Waals surface area (Å²) in [7, 11) is 1.53. The number of carbonyl (C=O) groups excluding carboxylic acids is 1. The van der Waals surface area contributed by atoms with Gasteiger partial charge >= 0.3 is 0 Å². The Hall–Kier alpha value is -3.45. The molecule has 3 aromatic rings. The molecular formula is C21H19ClN3O4+. The van der Waals surface area contributed by atoms with Crippen LogP contribution in [0.15, 0.2) is 67.0 Å². The fourth-order valence-corrected chi connectivity index (χ4v) is 2.99. The molecule has 0 radical (unpaired) electrons. The summed E-state index contributed by atoms with van der Waals surface area (Å²) < 4.78 is 6.98. The molecule has 0 aliphatic rings. The molecule has 0 saturated heterocycles. The van der Waals surface area contributed by atoms with Crippen LogP contribution in [0.25, 0.3) is 0 Å². The molecule has 0 fully saturated rings. The van der Waals surface area contributed by atoms with E-state index in [9.17, 15) is 14.9 Å². The van der Waals surface area contributed by atoms with E-state index in [0.717, 1.165) is 11.1 Å². The summed E-state index contributed by atoms with van der Waals surface area (Å²) >= 11 is 5.98. The largest absolute Gasteiger partial charge is 0.495 e. The van der Waals surface area contributed by atoms with Crippen molar-refractivity contribution < 1.29 is 19.0 Å². The molecule has 0 aliphatic carbocycles. The van der Waals surface area contributed by atoms with Crippen LogP contribution in [0, 0.1) is 10.1 Å². The molecule has 3 rings (SSSR count). The van der Waals surface area contributed by atoms with Crippen LogP contribution >= 0.6 is 11.6 Å². The molecule has 0 atom stereocenters. The molecular weight excluding hydrogens is 394 g/mol. The summed E-state index contributed by atoms with van der Waals surface area (Å²) in [5.74, 6) is 0.324. The number of pyridine rings is 1. The highest BCUT2D eigenvalue weighted by Crippen LogP contribution is 2.27. The number of hydrogen-bond acceptors (Lipinski definition) is 4. The van der Waals surface area contributed by atoms with Crippen LogP contribution in [0.2, 0.25) is 5.02 Å². The first kappa shape index (κ1) is 20.3. The zero-order valence-corrected chi connectivity index (χ0v) is 16.4. The van der Waals surface area contributed by atoms with Gasteiger partial charge in [-0.1, -0.05) is 23.7 Å². The Balaban J connectivity index is 1.61. The Bertz CT molecular complexity index is 1020. The van der Waals surface area contributed by atoms with Crippen molar-refractivity contribution in [3.8, 4) is 5.75 Å². The smallest absolute Gasteiger partial charge is 0.290 e. The minimum Gasteiger partial charge on any atom is -0.495 e. The van der Waals surface area contributed by atoms with Crippen molar-refractivity contribution in [3.63, 3.8) is 0 Å². The summed E-state index contributed by atoms with van der Waals surface area (Å²) in [5, 5.41) is 14.0. The second-order valence-electron chi connectivity index (χ2n) is 6.37. The zero-order valence-electron chi connectivity index (χ0n) is 15.7. The Morgan fingerprint density at radius 2 is 1.76 bits per heavy atom. The lowest BCUT2D eigenvalue weighted by Crippen LogP contribution is -2.39. The van der Waals surface area contributed by atoms with E-state index in [4.69, 9.17) is 16.3 Å². The van der Waals surface area contributed by atoms with Gasteiger partial charge in [0, 0.05) is 29.3 Å². The maximum Gasteiger partial charge on any atom is 0.290 e. The first-order valence-electron chi connectivity index (χ1n) is 8.79. The number of non-ortho nitro benzene ring substituents is 1. The topological polar surface area (TPSA) is 85.3 Å². The SMILES string of the molecule is COc1ccc(Cl)cc1NC(=O)C[n+]1ccc(Cc2ccc([N+](=O)[O-])cc2)cc1. The number of nitrogens with zero attached hydrogens (tertiary/aromatic N) is 2. The van der Waals surface area contributed by atoms with Gasteiger partial charge in [-0.25, -0.2) is 0 Å². The highest BCUT2D eigenvalue weighted by Gasteiger charge is 2.13. The van der Waals surface area contributed by atoms with E-state index in [0.29, 0.717) is 22.9 Å². The van der Waals surface area contributed by atoms with Gasteiger partial charge < -0.3 is 10.1 Å². The van der Waals surface area contributed by atoms with Gasteiger partial charge in [-0.05, 0) is 35.7 Å². The molecule has 29 heavy (non-hydrogen) atoms. The first-order valence-corrected chi connectivity index (χ1v) is 9.17. The molecule has 1 heterocycles. The van der Waals surface area contributed by atoms with Gasteiger partial charge in [-0.15, -0.1) is 0 Å². The van der Waals surface area contributed by atoms with Crippen molar-refractivity contribution in [3.05, 3.63) is 93.3 Å². The Labute approximate surface area is 172 Å². The lowest BCUT2D eigenvalue weighted by atomic mass is 10.1. The number of nitro groups is 1. The van der Waals surface area contributed by atoms with Crippen LogP contribution in [0.1, 0.15) is 11.1 Å². The molecule has 1 aromatic heterocycles. The second kappa shape index (κ2) is 9.16. The normalized spacial score (nSPS) is 10.4. The molecule has 0 bridgehead atoms. The van der Waals surface area contributed by atoms with Gasteiger partial charge in [-0.2, -0.15) is 4.57 Å². The summed E-state index contributed by atoms with van der Waals surface area (Å²) in [5.41, 5.74) is 2.59. The summed E-state index contributed by atoms with van der Waals surface area (Å²) in [4.78, 5) is 22.6. The quantitative estimate of drug-likeness (QED) is 0.363. The van der Waals surface area contributed by atoms with Crippen molar-refractivity contribution in [1.82, 2.24) is 0 Å². The third kappa shape index (κ3) is 5.52. The number of hydrogen-bond donors (Lipinski definition) is 1. The number of halogens is 1. The van der Waals surface area contributed by atoms with Crippen molar-refractivity contribution in [2.24, 2.45) is 0 Å². The number of nitrogens with one attached hydrogen (secondary N) is 1. The molecule has 0 aliphatic heterocycles. The van der Waals surface area contributed by atoms with E-state index in [1.165, 1.54) is 19.2 Å². The summed E-state index contributed by atoms with van der Waals surface area (Å²) in [6.07, 6.45) is 4.27.